The average molecular weight is 343 g/mol. The molecule has 0 amide bonds. The van der Waals surface area contributed by atoms with Gasteiger partial charge in [-0.05, 0) is 50.6 Å². The quantitative estimate of drug-likeness (QED) is 0.781. The number of benzene rings is 1. The summed E-state index contributed by atoms with van der Waals surface area (Å²) >= 11 is 0. The molecule has 134 valence electrons. The molecule has 6 nitrogen and oxygen atoms in total. The first-order valence-electron chi connectivity index (χ1n) is 9.16. The first-order chi connectivity index (χ1) is 12.2. The maximum absolute atomic E-state index is 11.9. The summed E-state index contributed by atoms with van der Waals surface area (Å²) in [5, 5.41) is 0. The van der Waals surface area contributed by atoms with E-state index in [1.807, 2.05) is 12.1 Å². The minimum absolute atomic E-state index is 0.249. The number of rotatable bonds is 5. The molecule has 6 heteroatoms. The zero-order chi connectivity index (χ0) is 17.2. The normalized spacial score (nSPS) is 21.2. The van der Waals surface area contributed by atoms with Crippen molar-refractivity contribution in [2.75, 3.05) is 26.8 Å². The number of nitrogens with zero attached hydrogens (tertiary/aromatic N) is 3. The predicted molar refractivity (Wildman–Crippen MR) is 94.6 cm³/mol. The van der Waals surface area contributed by atoms with E-state index in [1.165, 1.54) is 26.4 Å². The van der Waals surface area contributed by atoms with Crippen LogP contribution in [-0.4, -0.2) is 53.3 Å². The van der Waals surface area contributed by atoms with Crippen molar-refractivity contribution in [1.82, 2.24) is 14.5 Å². The largest absolute Gasteiger partial charge is 0.465 e. The summed E-state index contributed by atoms with van der Waals surface area (Å²) in [5.41, 5.74) is 2.49. The Morgan fingerprint density at radius 3 is 2.80 bits per heavy atom. The van der Waals surface area contributed by atoms with E-state index >= 15 is 0 Å². The first-order valence-corrected chi connectivity index (χ1v) is 9.16. The number of piperidine rings is 1. The molecule has 25 heavy (non-hydrogen) atoms. The van der Waals surface area contributed by atoms with Crippen molar-refractivity contribution in [1.29, 1.82) is 0 Å². The minimum Gasteiger partial charge on any atom is -0.465 e. The second kappa shape index (κ2) is 7.14. The number of carbonyl (C=O) groups is 1. The van der Waals surface area contributed by atoms with Crippen LogP contribution < -0.4 is 0 Å². The fraction of sp³-hybridized carbons (Fsp3) is 0.579. The zero-order valence-corrected chi connectivity index (χ0v) is 14.7. The van der Waals surface area contributed by atoms with Gasteiger partial charge in [0.1, 0.15) is 5.82 Å². The molecule has 2 aliphatic rings. The number of likely N-dealkylation sites (tertiary alicyclic amines) is 1. The van der Waals surface area contributed by atoms with Crippen LogP contribution in [-0.2, 0) is 22.6 Å². The minimum atomic E-state index is -0.313. The van der Waals surface area contributed by atoms with E-state index in [1.54, 1.807) is 6.07 Å². The highest BCUT2D eigenvalue weighted by atomic mass is 16.5. The summed E-state index contributed by atoms with van der Waals surface area (Å²) in [6, 6.07) is 5.60. The van der Waals surface area contributed by atoms with E-state index in [-0.39, 0.29) is 12.1 Å². The number of methoxy groups -OCH3 is 1. The molecule has 1 unspecified atom stereocenters. The number of hydrogen-bond acceptors (Lipinski definition) is 5. The van der Waals surface area contributed by atoms with Gasteiger partial charge in [-0.25, -0.2) is 9.78 Å². The summed E-state index contributed by atoms with van der Waals surface area (Å²) in [6.45, 7) is 4.76. The fourth-order valence-corrected chi connectivity index (χ4v) is 3.69. The van der Waals surface area contributed by atoms with E-state index < -0.39 is 0 Å². The molecular formula is C19H25N3O3. The SMILES string of the molecule is COC(=O)c1ccc2nc(CN3CCCCC3)n(CC3CCO3)c2c1. The van der Waals surface area contributed by atoms with Gasteiger partial charge < -0.3 is 14.0 Å². The fourth-order valence-electron chi connectivity index (χ4n) is 3.69. The number of fused-ring (bicyclic) bond motifs is 1. The van der Waals surface area contributed by atoms with Gasteiger partial charge in [0.2, 0.25) is 0 Å². The second-order valence-corrected chi connectivity index (χ2v) is 6.95. The van der Waals surface area contributed by atoms with Crippen LogP contribution >= 0.6 is 0 Å². The van der Waals surface area contributed by atoms with Gasteiger partial charge in [-0.2, -0.15) is 0 Å². The monoisotopic (exact) mass is 343 g/mol. The van der Waals surface area contributed by atoms with Gasteiger partial charge in [-0.1, -0.05) is 6.42 Å². The maximum atomic E-state index is 11.9. The van der Waals surface area contributed by atoms with Gasteiger partial charge in [0, 0.05) is 6.61 Å². The van der Waals surface area contributed by atoms with E-state index in [9.17, 15) is 4.79 Å². The number of imidazole rings is 1. The van der Waals surface area contributed by atoms with Crippen LogP contribution in [0.3, 0.4) is 0 Å². The highest BCUT2D eigenvalue weighted by Gasteiger charge is 2.23. The van der Waals surface area contributed by atoms with Crippen LogP contribution in [0.2, 0.25) is 0 Å². The van der Waals surface area contributed by atoms with Crippen LogP contribution in [0, 0.1) is 0 Å². The highest BCUT2D eigenvalue weighted by Crippen LogP contribution is 2.24. The molecule has 0 bridgehead atoms. The van der Waals surface area contributed by atoms with Gasteiger partial charge in [0.15, 0.2) is 0 Å². The number of esters is 1. The summed E-state index contributed by atoms with van der Waals surface area (Å²) in [6.07, 6.45) is 5.18. The molecule has 3 heterocycles. The van der Waals surface area contributed by atoms with Crippen molar-refractivity contribution in [2.45, 2.75) is 44.9 Å². The summed E-state index contributed by atoms with van der Waals surface area (Å²) in [7, 11) is 1.41. The van der Waals surface area contributed by atoms with Crippen molar-refractivity contribution in [3.63, 3.8) is 0 Å². The Morgan fingerprint density at radius 2 is 2.12 bits per heavy atom. The molecule has 2 aromatic rings. The average Bonchev–Trinajstić information content (AvgIpc) is 2.94. The molecule has 0 N–H and O–H groups in total. The predicted octanol–water partition coefficient (Wildman–Crippen LogP) is 2.60. The molecular weight excluding hydrogens is 318 g/mol. The lowest BCUT2D eigenvalue weighted by Gasteiger charge is -2.29. The Hall–Kier alpha value is -1.92. The summed E-state index contributed by atoms with van der Waals surface area (Å²) in [4.78, 5) is 19.2. The molecule has 4 rings (SSSR count). The maximum Gasteiger partial charge on any atom is 0.337 e. The third-order valence-electron chi connectivity index (χ3n) is 5.24. The Kier molecular flexibility index (Phi) is 4.72. The van der Waals surface area contributed by atoms with Gasteiger partial charge in [-0.15, -0.1) is 0 Å². The van der Waals surface area contributed by atoms with E-state index in [2.05, 4.69) is 9.47 Å². The molecule has 0 radical (unpaired) electrons. The van der Waals surface area contributed by atoms with Crippen molar-refractivity contribution < 1.29 is 14.3 Å². The van der Waals surface area contributed by atoms with Crippen molar-refractivity contribution in [2.24, 2.45) is 0 Å². The zero-order valence-electron chi connectivity index (χ0n) is 14.7. The number of carbonyl (C=O) groups excluding carboxylic acids is 1. The Morgan fingerprint density at radius 1 is 1.32 bits per heavy atom. The molecule has 2 fully saturated rings. The van der Waals surface area contributed by atoms with Gasteiger partial charge in [0.25, 0.3) is 0 Å². The Labute approximate surface area is 147 Å². The number of ether oxygens (including phenoxy) is 2. The lowest BCUT2D eigenvalue weighted by atomic mass is 10.1. The molecule has 0 spiro atoms. The first kappa shape index (κ1) is 16.5. The molecule has 1 aromatic carbocycles. The highest BCUT2D eigenvalue weighted by molar-refractivity contribution is 5.93. The van der Waals surface area contributed by atoms with Crippen LogP contribution in [0.15, 0.2) is 18.2 Å². The van der Waals surface area contributed by atoms with Gasteiger partial charge in [0.05, 0.1) is 42.9 Å². The summed E-state index contributed by atoms with van der Waals surface area (Å²) in [5.74, 6) is 0.751. The topological polar surface area (TPSA) is 56.6 Å². The van der Waals surface area contributed by atoms with Crippen LogP contribution in [0.4, 0.5) is 0 Å². The van der Waals surface area contributed by atoms with Gasteiger partial charge in [-0.3, -0.25) is 4.90 Å². The number of aromatic nitrogens is 2. The molecule has 2 saturated heterocycles. The van der Waals surface area contributed by atoms with E-state index in [0.717, 1.165) is 56.1 Å². The van der Waals surface area contributed by atoms with Crippen LogP contribution in [0.1, 0.15) is 41.9 Å². The van der Waals surface area contributed by atoms with E-state index in [0.29, 0.717) is 5.56 Å². The van der Waals surface area contributed by atoms with Crippen molar-refractivity contribution in [3.8, 4) is 0 Å². The smallest absolute Gasteiger partial charge is 0.337 e. The molecule has 1 atom stereocenters. The van der Waals surface area contributed by atoms with Gasteiger partial charge >= 0.3 is 5.97 Å². The van der Waals surface area contributed by atoms with Crippen LogP contribution in [0.5, 0.6) is 0 Å². The second-order valence-electron chi connectivity index (χ2n) is 6.95. The van der Waals surface area contributed by atoms with Crippen molar-refractivity contribution >= 4 is 17.0 Å². The Bertz CT molecular complexity index is 761. The molecule has 0 saturated carbocycles. The lowest BCUT2D eigenvalue weighted by molar-refractivity contribution is -0.0592. The standard InChI is InChI=1S/C19H25N3O3/c1-24-19(23)14-5-6-16-17(11-14)22(12-15-7-10-25-15)18(20-16)13-21-8-3-2-4-9-21/h5-6,11,15H,2-4,7-10,12-13H2,1H3. The van der Waals surface area contributed by atoms with Crippen molar-refractivity contribution in [3.05, 3.63) is 29.6 Å². The molecule has 2 aliphatic heterocycles. The summed E-state index contributed by atoms with van der Waals surface area (Å²) < 4.78 is 12.7. The number of hydrogen-bond donors (Lipinski definition) is 0. The third-order valence-corrected chi connectivity index (χ3v) is 5.24. The Balaban J connectivity index is 1.69. The third kappa shape index (κ3) is 3.41. The molecule has 1 aromatic heterocycles. The van der Waals surface area contributed by atoms with E-state index in [4.69, 9.17) is 14.5 Å². The van der Waals surface area contributed by atoms with Crippen LogP contribution in [0.25, 0.3) is 11.0 Å². The molecule has 0 aliphatic carbocycles. The lowest BCUT2D eigenvalue weighted by Crippen LogP contribution is -2.34.